The minimum absolute atomic E-state index is 0.121. The zero-order valence-electron chi connectivity index (χ0n) is 10.9. The van der Waals surface area contributed by atoms with Crippen molar-refractivity contribution in [1.82, 2.24) is 15.1 Å². The van der Waals surface area contributed by atoms with Gasteiger partial charge in [-0.1, -0.05) is 13.8 Å². The van der Waals surface area contributed by atoms with Crippen LogP contribution in [-0.2, 0) is 4.79 Å². The van der Waals surface area contributed by atoms with Gasteiger partial charge in [0.05, 0.1) is 6.54 Å². The van der Waals surface area contributed by atoms with E-state index in [1.807, 2.05) is 0 Å². The lowest BCUT2D eigenvalue weighted by molar-refractivity contribution is -0.127. The van der Waals surface area contributed by atoms with Crippen LogP contribution in [0, 0.1) is 5.41 Å². The standard InChI is InChI=1S/C11H25N3O/c1-11(2,9-13(3)4)8-12-7-10(15)14(5)6/h12H,7-9H2,1-6H3. The van der Waals surface area contributed by atoms with Crippen molar-refractivity contribution in [2.75, 3.05) is 47.8 Å². The molecule has 0 aromatic carbocycles. The maximum Gasteiger partial charge on any atom is 0.236 e. The van der Waals surface area contributed by atoms with E-state index < -0.39 is 0 Å². The summed E-state index contributed by atoms with van der Waals surface area (Å²) < 4.78 is 0. The van der Waals surface area contributed by atoms with Crippen LogP contribution in [0.4, 0.5) is 0 Å². The fourth-order valence-electron chi connectivity index (χ4n) is 1.58. The molecule has 90 valence electrons. The summed E-state index contributed by atoms with van der Waals surface area (Å²) in [5, 5.41) is 3.19. The minimum Gasteiger partial charge on any atom is -0.348 e. The highest BCUT2D eigenvalue weighted by Crippen LogP contribution is 2.13. The summed E-state index contributed by atoms with van der Waals surface area (Å²) in [6, 6.07) is 0. The monoisotopic (exact) mass is 215 g/mol. The van der Waals surface area contributed by atoms with E-state index in [-0.39, 0.29) is 11.3 Å². The van der Waals surface area contributed by atoms with Gasteiger partial charge < -0.3 is 15.1 Å². The zero-order chi connectivity index (χ0) is 12.1. The van der Waals surface area contributed by atoms with Crippen molar-refractivity contribution in [2.24, 2.45) is 5.41 Å². The van der Waals surface area contributed by atoms with Gasteiger partial charge in [0, 0.05) is 27.2 Å². The molecule has 0 spiro atoms. The third-order valence-corrected chi connectivity index (χ3v) is 2.12. The van der Waals surface area contributed by atoms with E-state index in [0.29, 0.717) is 6.54 Å². The minimum atomic E-state index is 0.121. The molecule has 0 heterocycles. The second-order valence-electron chi connectivity index (χ2n) is 5.29. The molecule has 4 nitrogen and oxygen atoms in total. The number of carbonyl (C=O) groups excluding carboxylic acids is 1. The molecule has 0 bridgehead atoms. The Morgan fingerprint density at radius 1 is 1.20 bits per heavy atom. The maximum absolute atomic E-state index is 11.3. The summed E-state index contributed by atoms with van der Waals surface area (Å²) in [5.41, 5.74) is 0.191. The van der Waals surface area contributed by atoms with E-state index in [1.165, 1.54) is 0 Å². The SMILES string of the molecule is CN(C)CC(C)(C)CNCC(=O)N(C)C. The maximum atomic E-state index is 11.3. The normalized spacial score (nSPS) is 11.9. The molecule has 0 aromatic heterocycles. The van der Waals surface area contributed by atoms with Crippen LogP contribution in [0.25, 0.3) is 0 Å². The Kier molecular flexibility index (Phi) is 5.83. The molecule has 0 aromatic rings. The van der Waals surface area contributed by atoms with Gasteiger partial charge in [0.2, 0.25) is 5.91 Å². The third kappa shape index (κ3) is 7.33. The number of likely N-dealkylation sites (N-methyl/N-ethyl adjacent to an activating group) is 1. The Balaban J connectivity index is 3.79. The highest BCUT2D eigenvalue weighted by atomic mass is 16.2. The first kappa shape index (κ1) is 14.4. The summed E-state index contributed by atoms with van der Waals surface area (Å²) in [5.74, 6) is 0.121. The van der Waals surface area contributed by atoms with E-state index in [4.69, 9.17) is 0 Å². The van der Waals surface area contributed by atoms with E-state index in [9.17, 15) is 4.79 Å². The first-order chi connectivity index (χ1) is 6.74. The number of hydrogen-bond donors (Lipinski definition) is 1. The van der Waals surface area contributed by atoms with E-state index in [2.05, 4.69) is 38.2 Å². The van der Waals surface area contributed by atoms with Crippen molar-refractivity contribution < 1.29 is 4.79 Å². The van der Waals surface area contributed by atoms with Crippen LogP contribution in [-0.4, -0.2) is 63.5 Å². The van der Waals surface area contributed by atoms with E-state index >= 15 is 0 Å². The van der Waals surface area contributed by atoms with Gasteiger partial charge in [-0.05, 0) is 19.5 Å². The second kappa shape index (κ2) is 6.08. The summed E-state index contributed by atoms with van der Waals surface area (Å²) in [6.07, 6.45) is 0. The number of nitrogens with zero attached hydrogens (tertiary/aromatic N) is 2. The van der Waals surface area contributed by atoms with Gasteiger partial charge in [0.15, 0.2) is 0 Å². The highest BCUT2D eigenvalue weighted by molar-refractivity contribution is 5.77. The number of rotatable bonds is 6. The summed E-state index contributed by atoms with van der Waals surface area (Å²) in [7, 11) is 7.67. The van der Waals surface area contributed by atoms with Crippen molar-refractivity contribution in [3.63, 3.8) is 0 Å². The molecule has 0 aliphatic heterocycles. The molecular formula is C11H25N3O. The molecule has 0 unspecified atom stereocenters. The van der Waals surface area contributed by atoms with E-state index in [1.54, 1.807) is 19.0 Å². The van der Waals surface area contributed by atoms with Gasteiger partial charge in [-0.2, -0.15) is 0 Å². The predicted octanol–water partition coefficient (Wildman–Crippen LogP) is 0.252. The second-order valence-corrected chi connectivity index (χ2v) is 5.29. The third-order valence-electron chi connectivity index (χ3n) is 2.12. The molecule has 0 aliphatic carbocycles. The highest BCUT2D eigenvalue weighted by Gasteiger charge is 2.18. The Bertz CT molecular complexity index is 200. The lowest BCUT2D eigenvalue weighted by Crippen LogP contribution is -2.41. The summed E-state index contributed by atoms with van der Waals surface area (Å²) in [6.45, 7) is 6.67. The van der Waals surface area contributed by atoms with Crippen LogP contribution in [0.2, 0.25) is 0 Å². The average Bonchev–Trinajstić information content (AvgIpc) is 2.00. The Labute approximate surface area is 93.6 Å². The predicted molar refractivity (Wildman–Crippen MR) is 63.9 cm³/mol. The first-order valence-corrected chi connectivity index (χ1v) is 5.30. The van der Waals surface area contributed by atoms with Crippen LogP contribution in [0.1, 0.15) is 13.8 Å². The molecule has 0 rings (SSSR count). The van der Waals surface area contributed by atoms with Crippen molar-refractivity contribution in [1.29, 1.82) is 0 Å². The van der Waals surface area contributed by atoms with Crippen molar-refractivity contribution >= 4 is 5.91 Å². The van der Waals surface area contributed by atoms with Crippen LogP contribution < -0.4 is 5.32 Å². The number of hydrogen-bond acceptors (Lipinski definition) is 3. The molecule has 15 heavy (non-hydrogen) atoms. The van der Waals surface area contributed by atoms with E-state index in [0.717, 1.165) is 13.1 Å². The lowest BCUT2D eigenvalue weighted by atomic mass is 9.93. The van der Waals surface area contributed by atoms with Crippen LogP contribution in [0.5, 0.6) is 0 Å². The number of amides is 1. The quantitative estimate of drug-likeness (QED) is 0.690. The smallest absolute Gasteiger partial charge is 0.236 e. The Hall–Kier alpha value is -0.610. The number of nitrogens with one attached hydrogen (secondary N) is 1. The molecule has 1 N–H and O–H groups in total. The van der Waals surface area contributed by atoms with Crippen molar-refractivity contribution in [3.05, 3.63) is 0 Å². The van der Waals surface area contributed by atoms with Gasteiger partial charge in [0.25, 0.3) is 0 Å². The molecule has 0 fully saturated rings. The van der Waals surface area contributed by atoms with Crippen LogP contribution in [0.15, 0.2) is 0 Å². The molecule has 0 saturated carbocycles. The van der Waals surface area contributed by atoms with Crippen LogP contribution >= 0.6 is 0 Å². The lowest BCUT2D eigenvalue weighted by Gasteiger charge is -2.28. The molecule has 1 amide bonds. The van der Waals surface area contributed by atoms with Gasteiger partial charge in [-0.15, -0.1) is 0 Å². The average molecular weight is 215 g/mol. The van der Waals surface area contributed by atoms with Gasteiger partial charge in [-0.3, -0.25) is 4.79 Å². The number of carbonyl (C=O) groups is 1. The zero-order valence-corrected chi connectivity index (χ0v) is 10.9. The fraction of sp³-hybridized carbons (Fsp3) is 0.909. The fourth-order valence-corrected chi connectivity index (χ4v) is 1.58. The summed E-state index contributed by atoms with van der Waals surface area (Å²) >= 11 is 0. The summed E-state index contributed by atoms with van der Waals surface area (Å²) in [4.78, 5) is 15.1. The van der Waals surface area contributed by atoms with Crippen LogP contribution in [0.3, 0.4) is 0 Å². The largest absolute Gasteiger partial charge is 0.348 e. The first-order valence-electron chi connectivity index (χ1n) is 5.30. The molecule has 4 heteroatoms. The van der Waals surface area contributed by atoms with Gasteiger partial charge in [0.1, 0.15) is 0 Å². The molecular weight excluding hydrogens is 190 g/mol. The Morgan fingerprint density at radius 2 is 1.73 bits per heavy atom. The molecule has 0 atom stereocenters. The molecule has 0 radical (unpaired) electrons. The Morgan fingerprint density at radius 3 is 2.13 bits per heavy atom. The van der Waals surface area contributed by atoms with Crippen molar-refractivity contribution in [2.45, 2.75) is 13.8 Å². The molecule has 0 saturated heterocycles. The van der Waals surface area contributed by atoms with Crippen molar-refractivity contribution in [3.8, 4) is 0 Å². The molecule has 0 aliphatic rings. The van der Waals surface area contributed by atoms with Gasteiger partial charge >= 0.3 is 0 Å². The van der Waals surface area contributed by atoms with Gasteiger partial charge in [-0.25, -0.2) is 0 Å². The topological polar surface area (TPSA) is 35.6 Å².